The van der Waals surface area contributed by atoms with Crippen LogP contribution in [0.4, 0.5) is 0 Å². The second kappa shape index (κ2) is 8.73. The Morgan fingerprint density at radius 3 is 2.36 bits per heavy atom. The molecule has 2 aromatic carbocycles. The summed E-state index contributed by atoms with van der Waals surface area (Å²) in [6.45, 7) is 3.81. The van der Waals surface area contributed by atoms with E-state index in [0.29, 0.717) is 23.5 Å². The minimum atomic E-state index is -0.708. The van der Waals surface area contributed by atoms with E-state index in [2.05, 4.69) is 10.9 Å². The van der Waals surface area contributed by atoms with Crippen molar-refractivity contribution < 1.29 is 19.1 Å². The van der Waals surface area contributed by atoms with Gasteiger partial charge < -0.3 is 9.47 Å². The first-order valence-corrected chi connectivity index (χ1v) is 8.01. The van der Waals surface area contributed by atoms with Crippen LogP contribution in [0.1, 0.15) is 29.3 Å². The van der Waals surface area contributed by atoms with Crippen LogP contribution < -0.4 is 20.3 Å². The minimum Gasteiger partial charge on any atom is -0.496 e. The Morgan fingerprint density at radius 2 is 1.72 bits per heavy atom. The van der Waals surface area contributed by atoms with Crippen LogP contribution in [0.3, 0.4) is 0 Å². The fourth-order valence-corrected chi connectivity index (χ4v) is 2.20. The van der Waals surface area contributed by atoms with E-state index in [1.165, 1.54) is 7.11 Å². The molecule has 132 valence electrons. The van der Waals surface area contributed by atoms with Gasteiger partial charge in [-0.05, 0) is 37.6 Å². The fraction of sp³-hybridized carbons (Fsp3) is 0.263. The van der Waals surface area contributed by atoms with Gasteiger partial charge in [-0.3, -0.25) is 20.4 Å². The Balaban J connectivity index is 1.95. The highest BCUT2D eigenvalue weighted by molar-refractivity contribution is 5.98. The van der Waals surface area contributed by atoms with Gasteiger partial charge in [-0.15, -0.1) is 0 Å². The van der Waals surface area contributed by atoms with Crippen LogP contribution in [0.15, 0.2) is 48.5 Å². The van der Waals surface area contributed by atoms with Gasteiger partial charge in [-0.1, -0.05) is 36.8 Å². The molecule has 0 aromatic heterocycles. The Hall–Kier alpha value is -3.02. The molecule has 0 aliphatic carbocycles. The van der Waals surface area contributed by atoms with Gasteiger partial charge in [0.25, 0.3) is 11.8 Å². The molecule has 6 nitrogen and oxygen atoms in total. The van der Waals surface area contributed by atoms with Crippen molar-refractivity contribution >= 4 is 11.8 Å². The van der Waals surface area contributed by atoms with Crippen LogP contribution in [0.25, 0.3) is 0 Å². The van der Waals surface area contributed by atoms with Gasteiger partial charge in [0.1, 0.15) is 11.5 Å². The van der Waals surface area contributed by atoms with Crippen molar-refractivity contribution in [2.75, 3.05) is 7.11 Å². The smallest absolute Gasteiger partial charge is 0.279 e. The number of benzene rings is 2. The van der Waals surface area contributed by atoms with Crippen LogP contribution in [0, 0.1) is 6.92 Å². The Kier molecular flexibility index (Phi) is 6.39. The topological polar surface area (TPSA) is 76.7 Å². The van der Waals surface area contributed by atoms with Gasteiger partial charge in [0.15, 0.2) is 6.10 Å². The molecule has 1 atom stereocenters. The number of para-hydroxylation sites is 1. The van der Waals surface area contributed by atoms with Crippen molar-refractivity contribution in [2.45, 2.75) is 26.4 Å². The van der Waals surface area contributed by atoms with Gasteiger partial charge in [0.2, 0.25) is 0 Å². The Morgan fingerprint density at radius 1 is 1.04 bits per heavy atom. The zero-order valence-electron chi connectivity index (χ0n) is 14.5. The minimum absolute atomic E-state index is 0.331. The Bertz CT molecular complexity index is 728. The predicted molar refractivity (Wildman–Crippen MR) is 94.5 cm³/mol. The first-order valence-electron chi connectivity index (χ1n) is 8.01. The second-order valence-corrected chi connectivity index (χ2v) is 5.47. The number of ether oxygens (including phenoxy) is 2. The maximum Gasteiger partial charge on any atom is 0.279 e. The first-order chi connectivity index (χ1) is 12.0. The number of carbonyl (C=O) groups is 2. The van der Waals surface area contributed by atoms with Crippen molar-refractivity contribution in [2.24, 2.45) is 0 Å². The normalized spacial score (nSPS) is 11.3. The van der Waals surface area contributed by atoms with Crippen LogP contribution in [0.5, 0.6) is 11.5 Å². The standard InChI is InChI=1S/C19H22N2O4/c1-4-16(25-14-11-9-13(2)10-12-14)19(23)21-20-18(22)15-7-5-6-8-17(15)24-3/h5-12,16H,4H2,1-3H3,(H,20,22)(H,21,23)/t16-/m0/s1. The molecule has 0 bridgehead atoms. The van der Waals surface area contributed by atoms with Crippen LogP contribution >= 0.6 is 0 Å². The molecular weight excluding hydrogens is 320 g/mol. The molecule has 0 fully saturated rings. The zero-order valence-corrected chi connectivity index (χ0v) is 14.5. The summed E-state index contributed by atoms with van der Waals surface area (Å²) in [5.41, 5.74) is 6.22. The number of nitrogens with one attached hydrogen (secondary N) is 2. The highest BCUT2D eigenvalue weighted by atomic mass is 16.5. The maximum absolute atomic E-state index is 12.3. The van der Waals surface area contributed by atoms with Gasteiger partial charge >= 0.3 is 0 Å². The van der Waals surface area contributed by atoms with E-state index < -0.39 is 17.9 Å². The average Bonchev–Trinajstić information content (AvgIpc) is 2.65. The lowest BCUT2D eigenvalue weighted by Gasteiger charge is -2.18. The van der Waals surface area contributed by atoms with Crippen molar-refractivity contribution in [1.29, 1.82) is 0 Å². The molecule has 2 aromatic rings. The number of hydrazine groups is 1. The average molecular weight is 342 g/mol. The monoisotopic (exact) mass is 342 g/mol. The van der Waals surface area contributed by atoms with E-state index in [1.54, 1.807) is 36.4 Å². The van der Waals surface area contributed by atoms with Gasteiger partial charge in [-0.2, -0.15) is 0 Å². The van der Waals surface area contributed by atoms with E-state index in [9.17, 15) is 9.59 Å². The third-order valence-electron chi connectivity index (χ3n) is 3.61. The van der Waals surface area contributed by atoms with Crippen molar-refractivity contribution in [3.8, 4) is 11.5 Å². The maximum atomic E-state index is 12.3. The summed E-state index contributed by atoms with van der Waals surface area (Å²) in [6.07, 6.45) is -0.245. The number of aryl methyl sites for hydroxylation is 1. The molecule has 0 aliphatic heterocycles. The molecule has 6 heteroatoms. The summed E-state index contributed by atoms with van der Waals surface area (Å²) in [4.78, 5) is 24.4. The van der Waals surface area contributed by atoms with E-state index >= 15 is 0 Å². The number of rotatable bonds is 6. The van der Waals surface area contributed by atoms with Crippen LogP contribution in [0.2, 0.25) is 0 Å². The highest BCUT2D eigenvalue weighted by Crippen LogP contribution is 2.17. The second-order valence-electron chi connectivity index (χ2n) is 5.47. The summed E-state index contributed by atoms with van der Waals surface area (Å²) < 4.78 is 10.8. The summed E-state index contributed by atoms with van der Waals surface area (Å²) in [5, 5.41) is 0. The molecule has 0 spiro atoms. The molecule has 2 amide bonds. The fourth-order valence-electron chi connectivity index (χ4n) is 2.20. The summed E-state index contributed by atoms with van der Waals surface area (Å²) in [6, 6.07) is 14.2. The van der Waals surface area contributed by atoms with E-state index in [4.69, 9.17) is 9.47 Å². The van der Waals surface area contributed by atoms with Crippen molar-refractivity contribution in [3.63, 3.8) is 0 Å². The first kappa shape index (κ1) is 18.3. The molecule has 0 heterocycles. The lowest BCUT2D eigenvalue weighted by molar-refractivity contribution is -0.128. The third kappa shape index (κ3) is 4.97. The summed E-state index contributed by atoms with van der Waals surface area (Å²) in [7, 11) is 1.48. The van der Waals surface area contributed by atoms with E-state index in [0.717, 1.165) is 5.56 Å². The van der Waals surface area contributed by atoms with Gasteiger partial charge in [0, 0.05) is 0 Å². The van der Waals surface area contributed by atoms with Crippen molar-refractivity contribution in [1.82, 2.24) is 10.9 Å². The van der Waals surface area contributed by atoms with Gasteiger partial charge in [0.05, 0.1) is 12.7 Å². The quantitative estimate of drug-likeness (QED) is 0.791. The number of methoxy groups -OCH3 is 1. The lowest BCUT2D eigenvalue weighted by Crippen LogP contribution is -2.48. The largest absolute Gasteiger partial charge is 0.496 e. The molecule has 25 heavy (non-hydrogen) atoms. The number of hydrogen-bond acceptors (Lipinski definition) is 4. The predicted octanol–water partition coefficient (Wildman–Crippen LogP) is 2.62. The molecule has 0 radical (unpaired) electrons. The highest BCUT2D eigenvalue weighted by Gasteiger charge is 2.20. The number of carbonyl (C=O) groups excluding carboxylic acids is 2. The SMILES string of the molecule is CC[C@H](Oc1ccc(C)cc1)C(=O)NNC(=O)c1ccccc1OC. The molecule has 0 saturated heterocycles. The lowest BCUT2D eigenvalue weighted by atomic mass is 10.2. The van der Waals surface area contributed by atoms with Crippen LogP contribution in [-0.4, -0.2) is 25.0 Å². The van der Waals surface area contributed by atoms with Crippen molar-refractivity contribution in [3.05, 3.63) is 59.7 Å². The molecule has 0 unspecified atom stereocenters. The number of amides is 2. The van der Waals surface area contributed by atoms with Crippen LogP contribution in [-0.2, 0) is 4.79 Å². The summed E-state index contributed by atoms with van der Waals surface area (Å²) >= 11 is 0. The zero-order chi connectivity index (χ0) is 18.2. The molecule has 0 saturated carbocycles. The number of hydrogen-bond donors (Lipinski definition) is 2. The van der Waals surface area contributed by atoms with Gasteiger partial charge in [-0.25, -0.2) is 0 Å². The molecule has 0 aliphatic rings. The molecule has 2 rings (SSSR count). The molecular formula is C19H22N2O4. The summed E-state index contributed by atoms with van der Waals surface area (Å²) in [5.74, 6) is 0.142. The third-order valence-corrected chi connectivity index (χ3v) is 3.61. The molecule has 2 N–H and O–H groups in total. The van der Waals surface area contributed by atoms with E-state index in [1.807, 2.05) is 26.0 Å². The Labute approximate surface area is 147 Å². The van der Waals surface area contributed by atoms with E-state index in [-0.39, 0.29) is 0 Å².